The highest BCUT2D eigenvalue weighted by Gasteiger charge is 2.35. The Kier molecular flexibility index (Phi) is 3.14. The number of nitro benzene ring substituents is 1. The number of aryl methyl sites for hydroxylation is 1. The van der Waals surface area contributed by atoms with Crippen LogP contribution in [0, 0.1) is 23.0 Å². The molecule has 0 amide bonds. The molecule has 0 unspecified atom stereocenters. The predicted molar refractivity (Wildman–Crippen MR) is 74.6 cm³/mol. The van der Waals surface area contributed by atoms with Crippen LogP contribution in [0.1, 0.15) is 18.4 Å². The third-order valence-corrected chi connectivity index (χ3v) is 4.34. The van der Waals surface area contributed by atoms with Gasteiger partial charge in [-0.05, 0) is 37.8 Å². The number of nitrogens with one attached hydrogen (secondary N) is 1. The molecule has 2 aliphatic rings. The van der Waals surface area contributed by atoms with Gasteiger partial charge in [0.15, 0.2) is 0 Å². The van der Waals surface area contributed by atoms with E-state index in [0.717, 1.165) is 30.9 Å². The lowest BCUT2D eigenvalue weighted by Gasteiger charge is -2.24. The van der Waals surface area contributed by atoms with Crippen LogP contribution < -0.4 is 10.2 Å². The topological polar surface area (TPSA) is 58.4 Å². The van der Waals surface area contributed by atoms with Crippen molar-refractivity contribution >= 4 is 11.4 Å². The van der Waals surface area contributed by atoms with Crippen molar-refractivity contribution in [1.29, 1.82) is 0 Å². The largest absolute Gasteiger partial charge is 0.369 e. The molecule has 0 aliphatic carbocycles. The van der Waals surface area contributed by atoms with Gasteiger partial charge in [-0.2, -0.15) is 0 Å². The molecule has 2 fully saturated rings. The third kappa shape index (κ3) is 2.30. The Hall–Kier alpha value is -1.62. The Morgan fingerprint density at radius 3 is 3.00 bits per heavy atom. The molecule has 2 aliphatic heterocycles. The van der Waals surface area contributed by atoms with Crippen molar-refractivity contribution in [3.63, 3.8) is 0 Å². The molecule has 1 N–H and O–H groups in total. The van der Waals surface area contributed by atoms with E-state index in [1.165, 1.54) is 12.8 Å². The van der Waals surface area contributed by atoms with Crippen molar-refractivity contribution in [2.45, 2.75) is 25.8 Å². The van der Waals surface area contributed by atoms with Crippen molar-refractivity contribution in [1.82, 2.24) is 5.32 Å². The Labute approximate surface area is 112 Å². The summed E-state index contributed by atoms with van der Waals surface area (Å²) in [6.45, 7) is 5.10. The number of benzene rings is 1. The molecule has 0 radical (unpaired) electrons. The molecule has 102 valence electrons. The molecule has 0 aromatic heterocycles. The van der Waals surface area contributed by atoms with Crippen molar-refractivity contribution in [2.24, 2.45) is 5.92 Å². The average Bonchev–Trinajstić information content (AvgIpc) is 2.82. The second-order valence-corrected chi connectivity index (χ2v) is 5.60. The molecule has 0 spiro atoms. The minimum atomic E-state index is -0.315. The van der Waals surface area contributed by atoms with Crippen LogP contribution in [-0.4, -0.2) is 30.6 Å². The number of hydrogen-bond donors (Lipinski definition) is 1. The lowest BCUT2D eigenvalue weighted by molar-refractivity contribution is -0.384. The highest BCUT2D eigenvalue weighted by molar-refractivity contribution is 5.59. The summed E-state index contributed by atoms with van der Waals surface area (Å²) in [5.74, 6) is 0.687. The molecular formula is C14H19N3O2. The molecule has 19 heavy (non-hydrogen) atoms. The van der Waals surface area contributed by atoms with E-state index < -0.39 is 0 Å². The van der Waals surface area contributed by atoms with Gasteiger partial charge in [0.1, 0.15) is 0 Å². The first-order valence-corrected chi connectivity index (χ1v) is 6.88. The van der Waals surface area contributed by atoms with E-state index in [1.807, 2.05) is 13.0 Å². The number of anilines is 1. The fraction of sp³-hybridized carbons (Fsp3) is 0.571. The smallest absolute Gasteiger partial charge is 0.271 e. The Balaban J connectivity index is 1.86. The van der Waals surface area contributed by atoms with Gasteiger partial charge in [0.05, 0.1) is 4.92 Å². The zero-order valence-electron chi connectivity index (χ0n) is 11.1. The van der Waals surface area contributed by atoms with Gasteiger partial charge in [-0.25, -0.2) is 0 Å². The van der Waals surface area contributed by atoms with Crippen LogP contribution in [0.3, 0.4) is 0 Å². The Bertz CT molecular complexity index is 489. The molecule has 5 heteroatoms. The maximum Gasteiger partial charge on any atom is 0.271 e. The van der Waals surface area contributed by atoms with Crippen molar-refractivity contribution in [3.8, 4) is 0 Å². The fourth-order valence-electron chi connectivity index (χ4n) is 3.30. The van der Waals surface area contributed by atoms with Gasteiger partial charge in [-0.1, -0.05) is 6.07 Å². The summed E-state index contributed by atoms with van der Waals surface area (Å²) in [6.07, 6.45) is 2.51. The summed E-state index contributed by atoms with van der Waals surface area (Å²) < 4.78 is 0. The summed E-state index contributed by atoms with van der Waals surface area (Å²) >= 11 is 0. The molecule has 2 heterocycles. The number of rotatable bonds is 2. The highest BCUT2D eigenvalue weighted by Crippen LogP contribution is 2.32. The second-order valence-electron chi connectivity index (χ2n) is 5.60. The average molecular weight is 261 g/mol. The predicted octanol–water partition coefficient (Wildman–Crippen LogP) is 2.09. The van der Waals surface area contributed by atoms with Gasteiger partial charge in [0.2, 0.25) is 0 Å². The molecule has 5 nitrogen and oxygen atoms in total. The van der Waals surface area contributed by atoms with Crippen molar-refractivity contribution < 1.29 is 4.92 Å². The lowest BCUT2D eigenvalue weighted by atomic mass is 9.94. The standard InChI is InChI=1S/C14H19N3O2/c1-10-4-5-12(17(18)19)7-14(10)16-8-11-3-2-6-15-13(11)9-16/h4-5,7,11,13,15H,2-3,6,8-9H2,1H3/t11-,13+/m0/s1. The van der Waals surface area contributed by atoms with Crippen molar-refractivity contribution in [3.05, 3.63) is 33.9 Å². The molecule has 0 saturated carbocycles. The van der Waals surface area contributed by atoms with Crippen LogP contribution >= 0.6 is 0 Å². The maximum atomic E-state index is 10.9. The van der Waals surface area contributed by atoms with E-state index in [0.29, 0.717) is 12.0 Å². The van der Waals surface area contributed by atoms with Crippen LogP contribution in [0.2, 0.25) is 0 Å². The summed E-state index contributed by atoms with van der Waals surface area (Å²) in [7, 11) is 0. The van der Waals surface area contributed by atoms with Crippen LogP contribution in [0.5, 0.6) is 0 Å². The summed E-state index contributed by atoms with van der Waals surface area (Å²) in [6, 6.07) is 5.70. The molecule has 2 saturated heterocycles. The maximum absolute atomic E-state index is 10.9. The zero-order chi connectivity index (χ0) is 13.4. The number of nitrogens with zero attached hydrogens (tertiary/aromatic N) is 2. The van der Waals surface area contributed by atoms with Crippen LogP contribution in [0.25, 0.3) is 0 Å². The second kappa shape index (κ2) is 4.81. The molecule has 1 aromatic carbocycles. The number of nitro groups is 1. The summed E-state index contributed by atoms with van der Waals surface area (Å²) in [5.41, 5.74) is 2.32. The van der Waals surface area contributed by atoms with Crippen molar-refractivity contribution in [2.75, 3.05) is 24.5 Å². The molecular weight excluding hydrogens is 242 g/mol. The van der Waals surface area contributed by atoms with E-state index >= 15 is 0 Å². The number of non-ortho nitro benzene ring substituents is 1. The summed E-state index contributed by atoms with van der Waals surface area (Å²) in [4.78, 5) is 12.9. The van der Waals surface area contributed by atoms with Gasteiger partial charge in [0, 0.05) is 37.0 Å². The monoisotopic (exact) mass is 261 g/mol. The van der Waals surface area contributed by atoms with Gasteiger partial charge < -0.3 is 10.2 Å². The van der Waals surface area contributed by atoms with E-state index in [1.54, 1.807) is 12.1 Å². The molecule has 1 aromatic rings. The van der Waals surface area contributed by atoms with Gasteiger partial charge in [-0.15, -0.1) is 0 Å². The molecule has 2 atom stereocenters. The van der Waals surface area contributed by atoms with E-state index in [9.17, 15) is 10.1 Å². The normalized spacial score (nSPS) is 26.3. The zero-order valence-corrected chi connectivity index (χ0v) is 11.1. The SMILES string of the molecule is Cc1ccc([N+](=O)[O-])cc1N1C[C@@H]2CCCN[C@@H]2C1. The van der Waals surface area contributed by atoms with Crippen LogP contribution in [0.15, 0.2) is 18.2 Å². The van der Waals surface area contributed by atoms with E-state index in [4.69, 9.17) is 0 Å². The summed E-state index contributed by atoms with van der Waals surface area (Å²) in [5, 5.41) is 14.5. The van der Waals surface area contributed by atoms with E-state index in [2.05, 4.69) is 10.2 Å². The molecule has 0 bridgehead atoms. The molecule has 3 rings (SSSR count). The van der Waals surface area contributed by atoms with Crippen LogP contribution in [-0.2, 0) is 0 Å². The Morgan fingerprint density at radius 1 is 1.42 bits per heavy atom. The minimum Gasteiger partial charge on any atom is -0.369 e. The lowest BCUT2D eigenvalue weighted by Crippen LogP contribution is -2.40. The first kappa shape index (κ1) is 12.4. The highest BCUT2D eigenvalue weighted by atomic mass is 16.6. The van der Waals surface area contributed by atoms with Crippen LogP contribution in [0.4, 0.5) is 11.4 Å². The quantitative estimate of drug-likeness (QED) is 0.654. The first-order chi connectivity index (χ1) is 9.15. The first-order valence-electron chi connectivity index (χ1n) is 6.88. The van der Waals surface area contributed by atoms with Gasteiger partial charge in [-0.3, -0.25) is 10.1 Å². The van der Waals surface area contributed by atoms with Gasteiger partial charge in [0.25, 0.3) is 5.69 Å². The minimum absolute atomic E-state index is 0.184. The van der Waals surface area contributed by atoms with E-state index in [-0.39, 0.29) is 10.6 Å². The number of piperidine rings is 1. The van der Waals surface area contributed by atoms with Gasteiger partial charge >= 0.3 is 0 Å². The Morgan fingerprint density at radius 2 is 2.26 bits per heavy atom. The number of fused-ring (bicyclic) bond motifs is 1. The number of hydrogen-bond acceptors (Lipinski definition) is 4. The third-order valence-electron chi connectivity index (χ3n) is 4.34. The fourth-order valence-corrected chi connectivity index (χ4v) is 3.30.